The van der Waals surface area contributed by atoms with Gasteiger partial charge in [0, 0.05) is 11.8 Å². The molecule has 0 saturated carbocycles. The van der Waals surface area contributed by atoms with E-state index >= 15 is 0 Å². The van der Waals surface area contributed by atoms with Crippen LogP contribution in [0.1, 0.15) is 11.1 Å². The quantitative estimate of drug-likeness (QED) is 0.657. The predicted molar refractivity (Wildman–Crippen MR) is 84.7 cm³/mol. The highest BCUT2D eigenvalue weighted by molar-refractivity contribution is 6.02. The molecule has 2 rings (SSSR count). The van der Waals surface area contributed by atoms with E-state index in [9.17, 15) is 18.0 Å². The van der Waals surface area contributed by atoms with Gasteiger partial charge in [0.1, 0.15) is 0 Å². The third-order valence-corrected chi connectivity index (χ3v) is 3.15. The van der Waals surface area contributed by atoms with Crippen molar-refractivity contribution in [3.05, 3.63) is 65.7 Å². The van der Waals surface area contributed by atoms with Crippen LogP contribution >= 0.6 is 0 Å². The number of carbonyl (C=O) groups is 1. The van der Waals surface area contributed by atoms with Gasteiger partial charge in [-0.2, -0.15) is 13.2 Å². The summed E-state index contributed by atoms with van der Waals surface area (Å²) in [6.45, 7) is 1.86. The number of carbonyl (C=O) groups excluding carboxylic acids is 1. The summed E-state index contributed by atoms with van der Waals surface area (Å²) in [5.41, 5.74) is 8.02. The van der Waals surface area contributed by atoms with Gasteiger partial charge in [-0.05, 0) is 24.6 Å². The van der Waals surface area contributed by atoms with Crippen LogP contribution in [0.2, 0.25) is 0 Å². The minimum atomic E-state index is -4.93. The molecule has 0 bridgehead atoms. The normalized spacial score (nSPS) is 12.1. The molecule has 0 fully saturated rings. The zero-order valence-corrected chi connectivity index (χ0v) is 12.3. The molecular formula is C17H15F3N2O. The van der Waals surface area contributed by atoms with E-state index in [1.165, 1.54) is 0 Å². The molecule has 120 valence electrons. The highest BCUT2D eigenvalue weighted by Gasteiger charge is 2.36. The van der Waals surface area contributed by atoms with Crippen molar-refractivity contribution in [1.82, 2.24) is 0 Å². The van der Waals surface area contributed by atoms with Crippen LogP contribution in [0.25, 0.3) is 5.70 Å². The molecule has 0 aliphatic heterocycles. The van der Waals surface area contributed by atoms with Gasteiger partial charge in [-0.25, -0.2) is 0 Å². The van der Waals surface area contributed by atoms with E-state index in [0.717, 1.165) is 5.56 Å². The van der Waals surface area contributed by atoms with E-state index in [1.807, 2.05) is 6.92 Å². The number of hydrogen-bond donors (Lipinski definition) is 2. The van der Waals surface area contributed by atoms with Gasteiger partial charge in [0.05, 0.1) is 11.4 Å². The summed E-state index contributed by atoms with van der Waals surface area (Å²) < 4.78 is 37.7. The van der Waals surface area contributed by atoms with Crippen molar-refractivity contribution in [2.45, 2.75) is 13.1 Å². The van der Waals surface area contributed by atoms with Crippen molar-refractivity contribution in [2.24, 2.45) is 0 Å². The molecule has 0 aliphatic rings. The number of aryl methyl sites for hydroxylation is 1. The van der Waals surface area contributed by atoms with E-state index in [-0.39, 0.29) is 5.70 Å². The Morgan fingerprint density at radius 2 is 1.70 bits per heavy atom. The molecule has 0 heterocycles. The molecular weight excluding hydrogens is 305 g/mol. The lowest BCUT2D eigenvalue weighted by atomic mass is 10.1. The van der Waals surface area contributed by atoms with E-state index in [0.29, 0.717) is 23.0 Å². The first kappa shape index (κ1) is 16.6. The first-order valence-electron chi connectivity index (χ1n) is 6.79. The summed E-state index contributed by atoms with van der Waals surface area (Å²) in [6, 6.07) is 13.4. The van der Waals surface area contributed by atoms with Crippen LogP contribution in [0.4, 0.5) is 24.5 Å². The van der Waals surface area contributed by atoms with Gasteiger partial charge < -0.3 is 11.1 Å². The lowest BCUT2D eigenvalue weighted by molar-refractivity contribution is -0.165. The second kappa shape index (κ2) is 6.56. The van der Waals surface area contributed by atoms with Gasteiger partial charge in [-0.15, -0.1) is 0 Å². The van der Waals surface area contributed by atoms with Crippen molar-refractivity contribution in [2.75, 3.05) is 11.1 Å². The average molecular weight is 320 g/mol. The molecule has 3 N–H and O–H groups in total. The second-order valence-electron chi connectivity index (χ2n) is 5.00. The Labute approximate surface area is 131 Å². The summed E-state index contributed by atoms with van der Waals surface area (Å²) in [7, 11) is 0. The zero-order chi connectivity index (χ0) is 17.0. The SMILES string of the molecule is Cc1ccc(/C(=C/C(=O)C(F)(F)F)Nc2ccccc2N)cc1. The highest BCUT2D eigenvalue weighted by atomic mass is 19.4. The van der Waals surface area contributed by atoms with Crippen LogP contribution in [-0.4, -0.2) is 12.0 Å². The number of alkyl halides is 3. The number of allylic oxidation sites excluding steroid dienone is 1. The molecule has 23 heavy (non-hydrogen) atoms. The molecule has 0 aliphatic carbocycles. The molecule has 3 nitrogen and oxygen atoms in total. The Hall–Kier alpha value is -2.76. The molecule has 0 radical (unpaired) electrons. The molecule has 0 amide bonds. The molecule has 0 atom stereocenters. The van der Waals surface area contributed by atoms with E-state index in [2.05, 4.69) is 5.32 Å². The van der Waals surface area contributed by atoms with Crippen LogP contribution in [0.3, 0.4) is 0 Å². The number of para-hydroxylation sites is 2. The number of benzene rings is 2. The van der Waals surface area contributed by atoms with Crippen molar-refractivity contribution >= 4 is 22.9 Å². The van der Waals surface area contributed by atoms with Crippen LogP contribution in [0.15, 0.2) is 54.6 Å². The van der Waals surface area contributed by atoms with Gasteiger partial charge in [-0.3, -0.25) is 4.79 Å². The molecule has 2 aromatic carbocycles. The monoisotopic (exact) mass is 320 g/mol. The van der Waals surface area contributed by atoms with E-state index < -0.39 is 12.0 Å². The maximum atomic E-state index is 12.6. The lowest BCUT2D eigenvalue weighted by Crippen LogP contribution is -2.21. The molecule has 0 unspecified atom stereocenters. The number of hydrogen-bond acceptors (Lipinski definition) is 3. The molecule has 2 aromatic rings. The van der Waals surface area contributed by atoms with Crippen LogP contribution < -0.4 is 11.1 Å². The number of ketones is 1. The maximum absolute atomic E-state index is 12.6. The summed E-state index contributed by atoms with van der Waals surface area (Å²) >= 11 is 0. The second-order valence-corrected chi connectivity index (χ2v) is 5.00. The van der Waals surface area contributed by atoms with Gasteiger partial charge in [-0.1, -0.05) is 42.0 Å². The third kappa shape index (κ3) is 4.35. The van der Waals surface area contributed by atoms with Crippen LogP contribution in [0.5, 0.6) is 0 Å². The first-order chi connectivity index (χ1) is 10.8. The van der Waals surface area contributed by atoms with Gasteiger partial charge in [0.25, 0.3) is 5.78 Å². The average Bonchev–Trinajstić information content (AvgIpc) is 2.48. The van der Waals surface area contributed by atoms with Gasteiger partial charge in [0.15, 0.2) is 0 Å². The molecule has 0 spiro atoms. The smallest absolute Gasteiger partial charge is 0.397 e. The van der Waals surface area contributed by atoms with Crippen molar-refractivity contribution in [3.8, 4) is 0 Å². The largest absolute Gasteiger partial charge is 0.454 e. The Bertz CT molecular complexity index is 734. The van der Waals surface area contributed by atoms with Crippen molar-refractivity contribution < 1.29 is 18.0 Å². The van der Waals surface area contributed by atoms with Gasteiger partial charge in [0.2, 0.25) is 0 Å². The number of nitrogen functional groups attached to an aromatic ring is 1. The molecule has 0 aromatic heterocycles. The summed E-state index contributed by atoms with van der Waals surface area (Å²) in [4.78, 5) is 11.3. The Kier molecular flexibility index (Phi) is 4.74. The third-order valence-electron chi connectivity index (χ3n) is 3.15. The summed E-state index contributed by atoms with van der Waals surface area (Å²) in [5, 5.41) is 2.80. The van der Waals surface area contributed by atoms with Crippen molar-refractivity contribution in [3.63, 3.8) is 0 Å². The van der Waals surface area contributed by atoms with Gasteiger partial charge >= 0.3 is 6.18 Å². The summed E-state index contributed by atoms with van der Waals surface area (Å²) in [6.07, 6.45) is -4.39. The molecule has 6 heteroatoms. The Morgan fingerprint density at radius 1 is 1.09 bits per heavy atom. The Morgan fingerprint density at radius 3 is 2.26 bits per heavy atom. The van der Waals surface area contributed by atoms with Crippen LogP contribution in [-0.2, 0) is 4.79 Å². The highest BCUT2D eigenvalue weighted by Crippen LogP contribution is 2.26. The van der Waals surface area contributed by atoms with Crippen LogP contribution in [0, 0.1) is 6.92 Å². The topological polar surface area (TPSA) is 55.1 Å². The lowest BCUT2D eigenvalue weighted by Gasteiger charge is -2.14. The minimum absolute atomic E-state index is 0.0326. The number of nitrogens with two attached hydrogens (primary N) is 1. The van der Waals surface area contributed by atoms with E-state index in [1.54, 1.807) is 48.5 Å². The van der Waals surface area contributed by atoms with Crippen molar-refractivity contribution in [1.29, 1.82) is 0 Å². The fraction of sp³-hybridized carbons (Fsp3) is 0.118. The minimum Gasteiger partial charge on any atom is -0.397 e. The molecule has 0 saturated heterocycles. The first-order valence-corrected chi connectivity index (χ1v) is 6.79. The Balaban J connectivity index is 2.43. The fourth-order valence-electron chi connectivity index (χ4n) is 1.89. The predicted octanol–water partition coefficient (Wildman–Crippen LogP) is 4.16. The number of halogens is 3. The zero-order valence-electron chi connectivity index (χ0n) is 12.3. The number of anilines is 2. The summed E-state index contributed by atoms with van der Waals surface area (Å²) in [5.74, 6) is -1.94. The fourth-order valence-corrected chi connectivity index (χ4v) is 1.89. The number of nitrogens with one attached hydrogen (secondary N) is 1. The standard InChI is InChI=1S/C17H15F3N2O/c1-11-6-8-12(9-7-11)15(10-16(23)17(18,19)20)22-14-5-3-2-4-13(14)21/h2-10,22H,21H2,1H3/b15-10-. The van der Waals surface area contributed by atoms with E-state index in [4.69, 9.17) is 5.73 Å². The number of rotatable bonds is 4. The maximum Gasteiger partial charge on any atom is 0.454 e.